The molecule has 0 atom stereocenters. The van der Waals surface area contributed by atoms with Gasteiger partial charge >= 0.3 is 12.0 Å². The van der Waals surface area contributed by atoms with E-state index in [1.165, 1.54) is 18.2 Å². The molecular weight excluding hydrogens is 443 g/mol. The monoisotopic (exact) mass is 460 g/mol. The number of hydrogen-bond donors (Lipinski definition) is 5. The maximum absolute atomic E-state index is 12.3. The van der Waals surface area contributed by atoms with Crippen molar-refractivity contribution in [3.8, 4) is 0 Å². The van der Waals surface area contributed by atoms with Gasteiger partial charge in [-0.05, 0) is 42.3 Å². The molecule has 0 fully saturated rings. The molecule has 0 radical (unpaired) electrons. The van der Waals surface area contributed by atoms with Gasteiger partial charge in [-0.15, -0.1) is 0 Å². The minimum atomic E-state index is -1.19. The number of H-pyrrole nitrogens is 1. The zero-order valence-electron chi connectivity index (χ0n) is 16.0. The summed E-state index contributed by atoms with van der Waals surface area (Å²) in [4.78, 5) is 37.4. The molecule has 0 unspecified atom stereocenters. The lowest BCUT2D eigenvalue weighted by molar-refractivity contribution is -0.111. The quantitative estimate of drug-likeness (QED) is 0.339. The second kappa shape index (κ2) is 9.55. The Morgan fingerprint density at radius 2 is 1.84 bits per heavy atom. The first-order chi connectivity index (χ1) is 14.7. The molecule has 2 aromatic carbocycles. The van der Waals surface area contributed by atoms with Crippen molar-refractivity contribution in [1.82, 2.24) is 10.3 Å². The number of fused-ring (bicyclic) bond motifs is 1. The molecule has 3 rings (SSSR count). The van der Waals surface area contributed by atoms with Crippen LogP contribution in [0.1, 0.15) is 21.6 Å². The van der Waals surface area contributed by atoms with Crippen molar-refractivity contribution in [2.75, 3.05) is 11.9 Å². The van der Waals surface area contributed by atoms with Crippen LogP contribution in [0.5, 0.6) is 0 Å². The molecule has 0 aliphatic heterocycles. The van der Waals surface area contributed by atoms with Crippen molar-refractivity contribution >= 4 is 63.8 Å². The number of benzene rings is 2. The highest BCUT2D eigenvalue weighted by molar-refractivity contribution is 6.39. The third-order valence-corrected chi connectivity index (χ3v) is 4.92. The number of nitrogens with two attached hydrogens (primary N) is 1. The van der Waals surface area contributed by atoms with Crippen LogP contribution in [0.25, 0.3) is 17.0 Å². The number of aromatic carboxylic acids is 1. The smallest absolute Gasteiger partial charge is 0.352 e. The third-order valence-electron chi connectivity index (χ3n) is 4.40. The number of primary amides is 1. The number of hydrogen-bond acceptors (Lipinski definition) is 3. The molecule has 0 spiro atoms. The summed E-state index contributed by atoms with van der Waals surface area (Å²) in [5.41, 5.74) is 7.17. The van der Waals surface area contributed by atoms with Crippen LogP contribution in [0.15, 0.2) is 42.5 Å². The minimum Gasteiger partial charge on any atom is -0.477 e. The summed E-state index contributed by atoms with van der Waals surface area (Å²) in [6.45, 7) is 0.411. The van der Waals surface area contributed by atoms with E-state index in [9.17, 15) is 19.5 Å². The van der Waals surface area contributed by atoms with Gasteiger partial charge in [0.2, 0.25) is 5.91 Å². The number of nitrogens with one attached hydrogen (secondary N) is 3. The molecule has 0 aliphatic carbocycles. The minimum absolute atomic E-state index is 0.0999. The van der Waals surface area contributed by atoms with Crippen LogP contribution in [0, 0.1) is 0 Å². The van der Waals surface area contributed by atoms with Crippen molar-refractivity contribution in [3.05, 3.63) is 69.3 Å². The van der Waals surface area contributed by atoms with E-state index in [0.717, 1.165) is 5.56 Å². The summed E-state index contributed by atoms with van der Waals surface area (Å²) >= 11 is 12.2. The molecule has 31 heavy (non-hydrogen) atoms. The number of aromatic amines is 1. The Hall–Kier alpha value is -3.49. The van der Waals surface area contributed by atoms with Gasteiger partial charge < -0.3 is 26.5 Å². The molecule has 10 heteroatoms. The van der Waals surface area contributed by atoms with Crippen LogP contribution < -0.4 is 16.4 Å². The first-order valence-corrected chi connectivity index (χ1v) is 9.85. The standard InChI is InChI=1S/C21H18Cl2N4O4/c22-12-9-15(23)18-14(19(20(29)30)27-16(18)10-12)5-6-17(28)26-13-3-1-11(2-4-13)7-8-25-21(24)31/h1-6,9-10,27H,7-8H2,(H,26,28)(H,29,30)(H3,24,25,31)/b6-5+. The third kappa shape index (κ3) is 5.56. The number of carbonyl (C=O) groups is 3. The van der Waals surface area contributed by atoms with E-state index < -0.39 is 17.9 Å². The van der Waals surface area contributed by atoms with Gasteiger partial charge in [-0.2, -0.15) is 0 Å². The largest absolute Gasteiger partial charge is 0.477 e. The zero-order valence-corrected chi connectivity index (χ0v) is 17.6. The van der Waals surface area contributed by atoms with Crippen molar-refractivity contribution in [2.45, 2.75) is 6.42 Å². The average Bonchev–Trinajstić information content (AvgIpc) is 3.06. The van der Waals surface area contributed by atoms with E-state index in [0.29, 0.717) is 34.6 Å². The Labute approximate surface area is 187 Å². The molecule has 0 saturated heterocycles. The molecule has 1 heterocycles. The van der Waals surface area contributed by atoms with Crippen molar-refractivity contribution in [2.24, 2.45) is 5.73 Å². The van der Waals surface area contributed by atoms with E-state index in [1.54, 1.807) is 18.2 Å². The molecule has 3 amide bonds. The highest BCUT2D eigenvalue weighted by atomic mass is 35.5. The fourth-order valence-electron chi connectivity index (χ4n) is 3.04. The highest BCUT2D eigenvalue weighted by Crippen LogP contribution is 2.33. The number of aromatic nitrogens is 1. The first-order valence-electron chi connectivity index (χ1n) is 9.10. The molecule has 0 aliphatic rings. The van der Waals surface area contributed by atoms with Gasteiger partial charge in [0.1, 0.15) is 5.69 Å². The van der Waals surface area contributed by atoms with Crippen LogP contribution in [0.4, 0.5) is 10.5 Å². The summed E-state index contributed by atoms with van der Waals surface area (Å²) in [5.74, 6) is -1.64. The van der Waals surface area contributed by atoms with Gasteiger partial charge in [0.15, 0.2) is 0 Å². The molecule has 8 nitrogen and oxygen atoms in total. The molecule has 0 bridgehead atoms. The number of carbonyl (C=O) groups excluding carboxylic acids is 2. The summed E-state index contributed by atoms with van der Waals surface area (Å²) in [6, 6.07) is 9.55. The Morgan fingerprint density at radius 1 is 1.13 bits per heavy atom. The molecule has 160 valence electrons. The maximum atomic E-state index is 12.3. The fraction of sp³-hybridized carbons (Fsp3) is 0.0952. The van der Waals surface area contributed by atoms with Crippen molar-refractivity contribution in [1.29, 1.82) is 0 Å². The van der Waals surface area contributed by atoms with Gasteiger partial charge in [-0.3, -0.25) is 4.79 Å². The van der Waals surface area contributed by atoms with Crippen LogP contribution in [0.2, 0.25) is 10.0 Å². The van der Waals surface area contributed by atoms with Crippen molar-refractivity contribution < 1.29 is 19.5 Å². The molecule has 0 saturated carbocycles. The Kier molecular flexibility index (Phi) is 6.84. The summed E-state index contributed by atoms with van der Waals surface area (Å²) in [5, 5.41) is 15.8. The van der Waals surface area contributed by atoms with E-state index in [-0.39, 0.29) is 16.3 Å². The predicted molar refractivity (Wildman–Crippen MR) is 121 cm³/mol. The molecule has 1 aromatic heterocycles. The second-order valence-corrected chi connectivity index (χ2v) is 7.43. The predicted octanol–water partition coefficient (Wildman–Crippen LogP) is 4.04. The number of urea groups is 1. The van der Waals surface area contributed by atoms with Gasteiger partial charge in [0, 0.05) is 39.8 Å². The lowest BCUT2D eigenvalue weighted by Gasteiger charge is -2.05. The first kappa shape index (κ1) is 22.2. The van der Waals surface area contributed by atoms with Gasteiger partial charge in [0.05, 0.1) is 5.02 Å². The topological polar surface area (TPSA) is 137 Å². The van der Waals surface area contributed by atoms with E-state index in [1.807, 2.05) is 12.1 Å². The van der Waals surface area contributed by atoms with E-state index >= 15 is 0 Å². The number of carboxylic acids is 1. The summed E-state index contributed by atoms with van der Waals surface area (Å²) in [7, 11) is 0. The molecule has 3 aromatic rings. The Balaban J connectivity index is 1.74. The van der Waals surface area contributed by atoms with E-state index in [4.69, 9.17) is 28.9 Å². The van der Waals surface area contributed by atoms with Gasteiger partial charge in [-0.25, -0.2) is 9.59 Å². The SMILES string of the molecule is NC(=O)NCCc1ccc(NC(=O)/C=C/c2c(C(=O)O)[nH]c3cc(Cl)cc(Cl)c23)cc1. The fourth-order valence-corrected chi connectivity index (χ4v) is 3.63. The number of halogens is 2. The van der Waals surface area contributed by atoms with Gasteiger partial charge in [0.25, 0.3) is 0 Å². The second-order valence-electron chi connectivity index (χ2n) is 6.59. The average molecular weight is 461 g/mol. The Bertz CT molecular complexity index is 1190. The molecule has 6 N–H and O–H groups in total. The van der Waals surface area contributed by atoms with Crippen LogP contribution >= 0.6 is 23.2 Å². The maximum Gasteiger partial charge on any atom is 0.352 e. The number of carboxylic acid groups (broad SMARTS) is 1. The summed E-state index contributed by atoms with van der Waals surface area (Å²) < 4.78 is 0. The lowest BCUT2D eigenvalue weighted by atomic mass is 10.1. The Morgan fingerprint density at radius 3 is 2.48 bits per heavy atom. The van der Waals surface area contributed by atoms with Crippen molar-refractivity contribution in [3.63, 3.8) is 0 Å². The lowest BCUT2D eigenvalue weighted by Crippen LogP contribution is -2.30. The number of anilines is 1. The number of rotatable bonds is 7. The van der Waals surface area contributed by atoms with Crippen LogP contribution in [-0.4, -0.2) is 34.5 Å². The van der Waals surface area contributed by atoms with E-state index in [2.05, 4.69) is 15.6 Å². The zero-order chi connectivity index (χ0) is 22.5. The normalized spacial score (nSPS) is 11.0. The molecular formula is C21H18Cl2N4O4. The summed E-state index contributed by atoms with van der Waals surface area (Å²) in [6.07, 6.45) is 3.21. The number of amides is 3. The highest BCUT2D eigenvalue weighted by Gasteiger charge is 2.18. The van der Waals surface area contributed by atoms with Crippen LogP contribution in [-0.2, 0) is 11.2 Å². The van der Waals surface area contributed by atoms with Crippen LogP contribution in [0.3, 0.4) is 0 Å². The van der Waals surface area contributed by atoms with Gasteiger partial charge in [-0.1, -0.05) is 35.3 Å².